The van der Waals surface area contributed by atoms with Crippen molar-refractivity contribution in [2.45, 2.75) is 31.2 Å². The van der Waals surface area contributed by atoms with E-state index in [9.17, 15) is 13.2 Å². The van der Waals surface area contributed by atoms with Crippen LogP contribution in [0.4, 0.5) is 0 Å². The Kier molecular flexibility index (Phi) is 5.76. The zero-order valence-corrected chi connectivity index (χ0v) is 15.5. The quantitative estimate of drug-likeness (QED) is 0.846. The van der Waals surface area contributed by atoms with Gasteiger partial charge in [0.1, 0.15) is 0 Å². The summed E-state index contributed by atoms with van der Waals surface area (Å²) in [4.78, 5) is 16.6. The maximum absolute atomic E-state index is 12.5. The summed E-state index contributed by atoms with van der Waals surface area (Å²) in [7, 11) is -3.17. The molecular weight excluding hydrogens is 338 g/mol. The van der Waals surface area contributed by atoms with Crippen LogP contribution in [-0.4, -0.2) is 69.1 Å². The third-order valence-electron chi connectivity index (χ3n) is 5.13. The van der Waals surface area contributed by atoms with Gasteiger partial charge in [0.15, 0.2) is 0 Å². The third kappa shape index (κ3) is 5.26. The number of carbonyl (C=O) groups is 1. The van der Waals surface area contributed by atoms with Crippen molar-refractivity contribution in [2.24, 2.45) is 0 Å². The Labute approximate surface area is 150 Å². The number of rotatable bonds is 5. The standard InChI is InChI=1S/C18H27N3O3S/c1-25(23,24)19-17-8-11-21(12-9-17)18(22)14-20-10-7-16(13-20)15-5-3-2-4-6-15/h2-6,16-17,19H,7-14H2,1H3/t16-/m0/s1. The molecule has 2 aliphatic rings. The third-order valence-corrected chi connectivity index (χ3v) is 5.89. The van der Waals surface area contributed by atoms with E-state index in [0.717, 1.165) is 19.5 Å². The van der Waals surface area contributed by atoms with Gasteiger partial charge >= 0.3 is 0 Å². The minimum Gasteiger partial charge on any atom is -0.341 e. The number of carbonyl (C=O) groups excluding carboxylic acids is 1. The molecule has 1 aromatic carbocycles. The van der Waals surface area contributed by atoms with Gasteiger partial charge in [-0.2, -0.15) is 0 Å². The number of amides is 1. The summed E-state index contributed by atoms with van der Waals surface area (Å²) >= 11 is 0. The molecule has 2 aliphatic heterocycles. The highest BCUT2D eigenvalue weighted by Gasteiger charge is 2.29. The van der Waals surface area contributed by atoms with Gasteiger partial charge in [-0.3, -0.25) is 9.69 Å². The minimum absolute atomic E-state index is 0.0479. The van der Waals surface area contributed by atoms with Crippen LogP contribution in [0.5, 0.6) is 0 Å². The van der Waals surface area contributed by atoms with Crippen molar-refractivity contribution < 1.29 is 13.2 Å². The highest BCUT2D eigenvalue weighted by Crippen LogP contribution is 2.26. The van der Waals surface area contributed by atoms with Gasteiger partial charge in [0.2, 0.25) is 15.9 Å². The highest BCUT2D eigenvalue weighted by atomic mass is 32.2. The van der Waals surface area contributed by atoms with Gasteiger partial charge in [-0.25, -0.2) is 13.1 Å². The molecule has 0 saturated carbocycles. The molecular formula is C18H27N3O3S. The van der Waals surface area contributed by atoms with Crippen molar-refractivity contribution in [1.82, 2.24) is 14.5 Å². The first kappa shape index (κ1) is 18.4. The van der Waals surface area contributed by atoms with Gasteiger partial charge in [0.05, 0.1) is 12.8 Å². The van der Waals surface area contributed by atoms with Crippen molar-refractivity contribution in [3.05, 3.63) is 35.9 Å². The molecule has 0 aliphatic carbocycles. The Bertz CT molecular complexity index is 685. The van der Waals surface area contributed by atoms with E-state index in [1.807, 2.05) is 11.0 Å². The molecule has 0 aromatic heterocycles. The Morgan fingerprint density at radius 2 is 1.80 bits per heavy atom. The van der Waals surface area contributed by atoms with E-state index < -0.39 is 10.0 Å². The normalized spacial score (nSPS) is 23.1. The molecule has 0 unspecified atom stereocenters. The predicted octanol–water partition coefficient (Wildman–Crippen LogP) is 1.02. The lowest BCUT2D eigenvalue weighted by Crippen LogP contribution is -2.48. The number of likely N-dealkylation sites (tertiary alicyclic amines) is 2. The lowest BCUT2D eigenvalue weighted by Gasteiger charge is -2.33. The summed E-state index contributed by atoms with van der Waals surface area (Å²) in [6.07, 6.45) is 3.65. The fraction of sp³-hybridized carbons (Fsp3) is 0.611. The van der Waals surface area contributed by atoms with Crippen molar-refractivity contribution in [3.8, 4) is 0 Å². The second kappa shape index (κ2) is 7.85. The van der Waals surface area contributed by atoms with Crippen molar-refractivity contribution in [1.29, 1.82) is 0 Å². The highest BCUT2D eigenvalue weighted by molar-refractivity contribution is 7.88. The Balaban J connectivity index is 1.44. The zero-order valence-electron chi connectivity index (χ0n) is 14.7. The van der Waals surface area contributed by atoms with Gasteiger partial charge < -0.3 is 4.90 Å². The summed E-state index contributed by atoms with van der Waals surface area (Å²) in [5.74, 6) is 0.671. The van der Waals surface area contributed by atoms with Crippen LogP contribution in [0.1, 0.15) is 30.7 Å². The molecule has 1 amide bonds. The van der Waals surface area contributed by atoms with Gasteiger partial charge in [-0.15, -0.1) is 0 Å². The lowest BCUT2D eigenvalue weighted by atomic mass is 9.99. The van der Waals surface area contributed by atoms with Crippen LogP contribution in [0.2, 0.25) is 0 Å². The molecule has 25 heavy (non-hydrogen) atoms. The first-order valence-corrected chi connectivity index (χ1v) is 10.8. The summed E-state index contributed by atoms with van der Waals surface area (Å²) in [5, 5.41) is 0. The molecule has 6 nitrogen and oxygen atoms in total. The molecule has 0 radical (unpaired) electrons. The summed E-state index contributed by atoms with van der Waals surface area (Å²) in [6.45, 7) is 3.61. The van der Waals surface area contributed by atoms with Crippen LogP contribution in [0.15, 0.2) is 30.3 Å². The Hall–Kier alpha value is -1.44. The van der Waals surface area contributed by atoms with E-state index in [2.05, 4.69) is 33.9 Å². The maximum Gasteiger partial charge on any atom is 0.236 e. The second-order valence-corrected chi connectivity index (χ2v) is 8.96. The first-order valence-electron chi connectivity index (χ1n) is 8.93. The molecule has 2 heterocycles. The molecule has 1 N–H and O–H groups in total. The smallest absolute Gasteiger partial charge is 0.236 e. The lowest BCUT2D eigenvalue weighted by molar-refractivity contribution is -0.133. The van der Waals surface area contributed by atoms with E-state index >= 15 is 0 Å². The average molecular weight is 365 g/mol. The largest absolute Gasteiger partial charge is 0.341 e. The fourth-order valence-corrected chi connectivity index (χ4v) is 4.66. The molecule has 3 rings (SSSR count). The average Bonchev–Trinajstić information content (AvgIpc) is 3.03. The first-order chi connectivity index (χ1) is 11.9. The molecule has 2 saturated heterocycles. The summed E-state index contributed by atoms with van der Waals surface area (Å²) in [6, 6.07) is 10.4. The molecule has 7 heteroatoms. The molecule has 1 atom stereocenters. The van der Waals surface area contributed by atoms with Crippen molar-refractivity contribution in [2.75, 3.05) is 39.0 Å². The Morgan fingerprint density at radius 1 is 1.12 bits per heavy atom. The molecule has 2 fully saturated rings. The van der Waals surface area contributed by atoms with E-state index in [-0.39, 0.29) is 11.9 Å². The number of nitrogens with zero attached hydrogens (tertiary/aromatic N) is 2. The number of nitrogens with one attached hydrogen (secondary N) is 1. The molecule has 1 aromatic rings. The topological polar surface area (TPSA) is 69.7 Å². The fourth-order valence-electron chi connectivity index (χ4n) is 3.81. The predicted molar refractivity (Wildman–Crippen MR) is 97.8 cm³/mol. The number of hydrogen-bond donors (Lipinski definition) is 1. The van der Waals surface area contributed by atoms with Gasteiger partial charge in [0.25, 0.3) is 0 Å². The van der Waals surface area contributed by atoms with E-state index in [0.29, 0.717) is 38.4 Å². The zero-order chi connectivity index (χ0) is 17.9. The van der Waals surface area contributed by atoms with E-state index in [4.69, 9.17) is 0 Å². The van der Waals surface area contributed by atoms with Crippen LogP contribution in [0.25, 0.3) is 0 Å². The number of hydrogen-bond acceptors (Lipinski definition) is 4. The van der Waals surface area contributed by atoms with Crippen molar-refractivity contribution >= 4 is 15.9 Å². The van der Waals surface area contributed by atoms with Crippen LogP contribution < -0.4 is 4.72 Å². The molecule has 0 bridgehead atoms. The number of sulfonamides is 1. The monoisotopic (exact) mass is 365 g/mol. The summed E-state index contributed by atoms with van der Waals surface area (Å²) < 4.78 is 25.2. The van der Waals surface area contributed by atoms with Crippen LogP contribution in [-0.2, 0) is 14.8 Å². The Morgan fingerprint density at radius 3 is 2.44 bits per heavy atom. The van der Waals surface area contributed by atoms with E-state index in [1.54, 1.807) is 0 Å². The van der Waals surface area contributed by atoms with Gasteiger partial charge in [-0.1, -0.05) is 30.3 Å². The van der Waals surface area contributed by atoms with Gasteiger partial charge in [0, 0.05) is 25.7 Å². The van der Waals surface area contributed by atoms with Gasteiger partial charge in [-0.05, 0) is 37.3 Å². The summed E-state index contributed by atoms with van der Waals surface area (Å²) in [5.41, 5.74) is 1.35. The van der Waals surface area contributed by atoms with Crippen LogP contribution >= 0.6 is 0 Å². The maximum atomic E-state index is 12.5. The second-order valence-electron chi connectivity index (χ2n) is 7.18. The number of benzene rings is 1. The SMILES string of the molecule is CS(=O)(=O)NC1CCN(C(=O)CN2CC[C@H](c3ccccc3)C2)CC1. The van der Waals surface area contributed by atoms with Crippen LogP contribution in [0.3, 0.4) is 0 Å². The minimum atomic E-state index is -3.17. The van der Waals surface area contributed by atoms with Crippen molar-refractivity contribution in [3.63, 3.8) is 0 Å². The van der Waals surface area contributed by atoms with E-state index in [1.165, 1.54) is 11.8 Å². The molecule has 138 valence electrons. The number of piperidine rings is 1. The van der Waals surface area contributed by atoms with Crippen LogP contribution in [0, 0.1) is 0 Å². The molecule has 0 spiro atoms.